The third kappa shape index (κ3) is 3.85. The van der Waals surface area contributed by atoms with Crippen molar-refractivity contribution in [1.29, 1.82) is 0 Å². The monoisotopic (exact) mass is 432 g/mol. The second kappa shape index (κ2) is 7.28. The number of hydrogen-bond donors (Lipinski definition) is 1. The Morgan fingerprint density at radius 2 is 2.00 bits per heavy atom. The van der Waals surface area contributed by atoms with Crippen LogP contribution in [0.1, 0.15) is 16.1 Å². The van der Waals surface area contributed by atoms with Gasteiger partial charge in [-0.05, 0) is 35.1 Å². The molecule has 0 unspecified atom stereocenters. The van der Waals surface area contributed by atoms with Crippen LogP contribution < -0.4 is 10.2 Å². The molecule has 1 amide bonds. The van der Waals surface area contributed by atoms with Gasteiger partial charge in [0.05, 0.1) is 22.0 Å². The Morgan fingerprint density at radius 3 is 2.58 bits per heavy atom. The summed E-state index contributed by atoms with van der Waals surface area (Å²) < 4.78 is 44.5. The number of nitrogens with one attached hydrogen (secondary N) is 1. The highest BCUT2D eigenvalue weighted by atomic mass is 79.9. The molecule has 1 N–H and O–H groups in total. The van der Waals surface area contributed by atoms with Crippen LogP contribution in [-0.4, -0.2) is 49.0 Å². The number of piperazine rings is 1. The first-order valence-corrected chi connectivity index (χ1v) is 8.60. The molecular formula is C16H16BrF3N4O2. The van der Waals surface area contributed by atoms with Gasteiger partial charge in [-0.25, -0.2) is 4.98 Å². The predicted molar refractivity (Wildman–Crippen MR) is 93.3 cm³/mol. The van der Waals surface area contributed by atoms with Crippen molar-refractivity contribution in [2.45, 2.75) is 6.18 Å². The van der Waals surface area contributed by atoms with Crippen molar-refractivity contribution in [1.82, 2.24) is 9.88 Å². The van der Waals surface area contributed by atoms with Gasteiger partial charge in [-0.2, -0.15) is 13.2 Å². The maximum Gasteiger partial charge on any atom is 0.419 e. The minimum atomic E-state index is -4.60. The van der Waals surface area contributed by atoms with Gasteiger partial charge in [-0.15, -0.1) is 0 Å². The summed E-state index contributed by atoms with van der Waals surface area (Å²) in [6.07, 6.45) is -2.51. The molecule has 3 heterocycles. The molecule has 3 rings (SSSR count). The first-order valence-electron chi connectivity index (χ1n) is 7.81. The zero-order valence-corrected chi connectivity index (χ0v) is 15.4. The molecule has 1 saturated heterocycles. The van der Waals surface area contributed by atoms with Crippen LogP contribution >= 0.6 is 15.9 Å². The number of pyridine rings is 1. The summed E-state index contributed by atoms with van der Waals surface area (Å²) in [5, 5.41) is 2.50. The van der Waals surface area contributed by atoms with Gasteiger partial charge in [0, 0.05) is 32.4 Å². The standard InChI is InChI=1S/C16H16BrF3N4O2/c1-23-4-6-24(7-5-23)14-13(22-15(25)11-3-2-8-26-11)12(17)10(9-21-14)16(18,19)20/h2-3,8-9H,4-7H2,1H3,(H,22,25). The van der Waals surface area contributed by atoms with Crippen LogP contribution in [0.2, 0.25) is 0 Å². The molecule has 6 nitrogen and oxygen atoms in total. The molecule has 26 heavy (non-hydrogen) atoms. The number of hydrogen-bond acceptors (Lipinski definition) is 5. The lowest BCUT2D eigenvalue weighted by Crippen LogP contribution is -2.45. The maximum atomic E-state index is 13.2. The Kier molecular flexibility index (Phi) is 5.24. The Labute approximate surface area is 156 Å². The minimum Gasteiger partial charge on any atom is -0.459 e. The molecule has 10 heteroatoms. The van der Waals surface area contributed by atoms with E-state index in [2.05, 4.69) is 31.1 Å². The smallest absolute Gasteiger partial charge is 0.419 e. The number of carbonyl (C=O) groups excluding carboxylic acids is 1. The fraction of sp³-hybridized carbons (Fsp3) is 0.375. The number of carbonyl (C=O) groups is 1. The van der Waals surface area contributed by atoms with E-state index in [1.54, 1.807) is 0 Å². The fourth-order valence-electron chi connectivity index (χ4n) is 2.63. The van der Waals surface area contributed by atoms with E-state index in [9.17, 15) is 18.0 Å². The molecule has 1 fully saturated rings. The highest BCUT2D eigenvalue weighted by Gasteiger charge is 2.36. The van der Waals surface area contributed by atoms with Crippen molar-refractivity contribution in [2.75, 3.05) is 43.4 Å². The number of furan rings is 1. The second-order valence-electron chi connectivity index (χ2n) is 5.90. The van der Waals surface area contributed by atoms with Crippen LogP contribution in [0.3, 0.4) is 0 Å². The Morgan fingerprint density at radius 1 is 1.31 bits per heavy atom. The molecule has 0 aromatic carbocycles. The molecule has 0 radical (unpaired) electrons. The lowest BCUT2D eigenvalue weighted by Gasteiger charge is -2.34. The number of halogens is 4. The van der Waals surface area contributed by atoms with E-state index in [-0.39, 0.29) is 21.7 Å². The van der Waals surface area contributed by atoms with Crippen LogP contribution in [0.4, 0.5) is 24.7 Å². The van der Waals surface area contributed by atoms with Crippen molar-refractivity contribution >= 4 is 33.3 Å². The average Bonchev–Trinajstić information content (AvgIpc) is 3.11. The highest BCUT2D eigenvalue weighted by molar-refractivity contribution is 9.10. The van der Waals surface area contributed by atoms with Crippen LogP contribution in [0.5, 0.6) is 0 Å². The summed E-state index contributed by atoms with van der Waals surface area (Å²) in [6.45, 7) is 2.66. The first-order chi connectivity index (χ1) is 12.3. The van der Waals surface area contributed by atoms with Gasteiger partial charge < -0.3 is 19.5 Å². The highest BCUT2D eigenvalue weighted by Crippen LogP contribution is 2.42. The quantitative estimate of drug-likeness (QED) is 0.804. The van der Waals surface area contributed by atoms with Gasteiger partial charge in [0.15, 0.2) is 11.6 Å². The number of rotatable bonds is 3. The first kappa shape index (κ1) is 18.7. The number of alkyl halides is 3. The average molecular weight is 433 g/mol. The third-order valence-corrected chi connectivity index (χ3v) is 4.91. The molecule has 0 atom stereocenters. The summed E-state index contributed by atoms with van der Waals surface area (Å²) in [5.41, 5.74) is -0.976. The lowest BCUT2D eigenvalue weighted by atomic mass is 10.2. The van der Waals surface area contributed by atoms with Gasteiger partial charge in [0.2, 0.25) is 0 Å². The molecule has 1 aliphatic heterocycles. The van der Waals surface area contributed by atoms with E-state index in [1.165, 1.54) is 18.4 Å². The van der Waals surface area contributed by atoms with Crippen LogP contribution in [0.25, 0.3) is 0 Å². The molecular weight excluding hydrogens is 417 g/mol. The topological polar surface area (TPSA) is 61.6 Å². The van der Waals surface area contributed by atoms with E-state index in [4.69, 9.17) is 4.42 Å². The van der Waals surface area contributed by atoms with Crippen LogP contribution in [-0.2, 0) is 6.18 Å². The zero-order chi connectivity index (χ0) is 18.9. The Bertz CT molecular complexity index is 788. The van der Waals surface area contributed by atoms with Crippen molar-refractivity contribution in [3.8, 4) is 0 Å². The van der Waals surface area contributed by atoms with E-state index in [0.717, 1.165) is 19.3 Å². The molecule has 0 saturated carbocycles. The van der Waals surface area contributed by atoms with Crippen molar-refractivity contribution < 1.29 is 22.4 Å². The lowest BCUT2D eigenvalue weighted by molar-refractivity contribution is -0.138. The van der Waals surface area contributed by atoms with E-state index < -0.39 is 17.6 Å². The van der Waals surface area contributed by atoms with Crippen molar-refractivity contribution in [3.63, 3.8) is 0 Å². The molecule has 0 bridgehead atoms. The number of amides is 1. The molecule has 2 aromatic rings. The Balaban J connectivity index is 2.00. The molecule has 2 aromatic heterocycles. The SMILES string of the molecule is CN1CCN(c2ncc(C(F)(F)F)c(Br)c2NC(=O)c2ccco2)CC1. The summed E-state index contributed by atoms with van der Waals surface area (Å²) in [5.74, 6) is -0.358. The molecule has 140 valence electrons. The summed E-state index contributed by atoms with van der Waals surface area (Å²) in [6, 6.07) is 2.95. The summed E-state index contributed by atoms with van der Waals surface area (Å²) >= 11 is 3.00. The third-order valence-electron chi connectivity index (χ3n) is 4.09. The van der Waals surface area contributed by atoms with Gasteiger partial charge >= 0.3 is 6.18 Å². The van der Waals surface area contributed by atoms with Crippen molar-refractivity contribution in [3.05, 3.63) is 40.4 Å². The number of aromatic nitrogens is 1. The van der Waals surface area contributed by atoms with Gasteiger partial charge in [-0.3, -0.25) is 4.79 Å². The predicted octanol–water partition coefficient (Wildman–Crippen LogP) is 3.46. The number of likely N-dealkylation sites (N-methyl/N-ethyl adjacent to an activating group) is 1. The molecule has 1 aliphatic rings. The molecule has 0 aliphatic carbocycles. The van der Waals surface area contributed by atoms with Crippen LogP contribution in [0, 0.1) is 0 Å². The summed E-state index contributed by atoms with van der Waals surface area (Å²) in [7, 11) is 1.97. The fourth-order valence-corrected chi connectivity index (χ4v) is 3.23. The minimum absolute atomic E-state index is 0.00126. The van der Waals surface area contributed by atoms with Crippen molar-refractivity contribution in [2.24, 2.45) is 0 Å². The van der Waals surface area contributed by atoms with Gasteiger partial charge in [0.1, 0.15) is 0 Å². The maximum absolute atomic E-state index is 13.2. The van der Waals surface area contributed by atoms with Gasteiger partial charge in [-0.1, -0.05) is 0 Å². The van der Waals surface area contributed by atoms with Gasteiger partial charge in [0.25, 0.3) is 5.91 Å². The molecule has 0 spiro atoms. The zero-order valence-electron chi connectivity index (χ0n) is 13.8. The summed E-state index contributed by atoms with van der Waals surface area (Å²) in [4.78, 5) is 20.3. The van der Waals surface area contributed by atoms with E-state index >= 15 is 0 Å². The second-order valence-corrected chi connectivity index (χ2v) is 6.70. The van der Waals surface area contributed by atoms with E-state index in [1.807, 2.05) is 11.9 Å². The van der Waals surface area contributed by atoms with E-state index in [0.29, 0.717) is 13.1 Å². The number of nitrogens with zero attached hydrogens (tertiary/aromatic N) is 3. The number of anilines is 2. The Hall–Kier alpha value is -2.07. The normalized spacial score (nSPS) is 16.0. The van der Waals surface area contributed by atoms with Crippen LogP contribution in [0.15, 0.2) is 33.5 Å². The largest absolute Gasteiger partial charge is 0.459 e.